The van der Waals surface area contributed by atoms with Gasteiger partial charge in [0.25, 0.3) is 5.91 Å². The lowest BCUT2D eigenvalue weighted by molar-refractivity contribution is 0.102. The predicted molar refractivity (Wildman–Crippen MR) is 118 cm³/mol. The monoisotopic (exact) mass is 430 g/mol. The Morgan fingerprint density at radius 3 is 2.63 bits per heavy atom. The van der Waals surface area contributed by atoms with Gasteiger partial charge in [-0.15, -0.1) is 22.7 Å². The van der Waals surface area contributed by atoms with Gasteiger partial charge in [0.15, 0.2) is 5.65 Å². The Balaban J connectivity index is 1.46. The zero-order valence-corrected chi connectivity index (χ0v) is 17.1. The first kappa shape index (κ1) is 18.4. The second-order valence-corrected chi connectivity index (χ2v) is 8.45. The normalized spacial score (nSPS) is 10.9. The van der Waals surface area contributed by atoms with E-state index >= 15 is 0 Å². The summed E-state index contributed by atoms with van der Waals surface area (Å²) in [5.74, 6) is -0.251. The second kappa shape index (κ2) is 7.66. The van der Waals surface area contributed by atoms with Crippen molar-refractivity contribution in [1.29, 1.82) is 0 Å². The number of hydrogen-bond donors (Lipinski definition) is 1. The molecule has 1 aromatic carbocycles. The Hall–Kier alpha value is -3.62. The van der Waals surface area contributed by atoms with Crippen LogP contribution in [-0.2, 0) is 0 Å². The average Bonchev–Trinajstić information content (AvgIpc) is 3.54. The van der Waals surface area contributed by atoms with E-state index in [4.69, 9.17) is 0 Å². The van der Waals surface area contributed by atoms with Crippen molar-refractivity contribution in [3.8, 4) is 10.6 Å². The van der Waals surface area contributed by atoms with Crippen LogP contribution in [0.2, 0.25) is 0 Å². The van der Waals surface area contributed by atoms with Crippen molar-refractivity contribution in [2.45, 2.75) is 0 Å². The molecule has 4 aromatic heterocycles. The smallest absolute Gasteiger partial charge is 0.256 e. The molecule has 1 N–H and O–H groups in total. The molecule has 0 atom stereocenters. The fourth-order valence-electron chi connectivity index (χ4n) is 3.10. The molecule has 0 aliphatic carbocycles. The van der Waals surface area contributed by atoms with Crippen LogP contribution >= 0.6 is 22.7 Å². The van der Waals surface area contributed by atoms with Crippen LogP contribution < -0.4 is 5.32 Å². The Morgan fingerprint density at radius 2 is 1.83 bits per heavy atom. The van der Waals surface area contributed by atoms with Crippen LogP contribution in [0.5, 0.6) is 0 Å². The van der Waals surface area contributed by atoms with E-state index in [-0.39, 0.29) is 11.7 Å². The number of carbonyl (C=O) groups is 2. The number of amides is 1. The van der Waals surface area contributed by atoms with E-state index in [1.165, 1.54) is 22.7 Å². The molecule has 0 saturated heterocycles. The Morgan fingerprint density at radius 1 is 0.967 bits per heavy atom. The number of carbonyl (C=O) groups excluding carboxylic acids is 2. The quantitative estimate of drug-likeness (QED) is 0.398. The van der Waals surface area contributed by atoms with Crippen LogP contribution in [0.15, 0.2) is 78.4 Å². The van der Waals surface area contributed by atoms with Crippen LogP contribution in [0.25, 0.3) is 16.2 Å². The van der Waals surface area contributed by atoms with Gasteiger partial charge in [0.05, 0.1) is 32.2 Å². The van der Waals surface area contributed by atoms with E-state index in [0.717, 1.165) is 15.6 Å². The molecule has 0 aliphatic rings. The third-order valence-electron chi connectivity index (χ3n) is 4.52. The van der Waals surface area contributed by atoms with Crippen molar-refractivity contribution in [2.75, 3.05) is 5.32 Å². The Bertz CT molecular complexity index is 1350. The number of ketones is 1. The van der Waals surface area contributed by atoms with E-state index in [1.54, 1.807) is 35.1 Å². The molecular weight excluding hydrogens is 416 g/mol. The highest BCUT2D eigenvalue weighted by atomic mass is 32.1. The first-order chi connectivity index (χ1) is 14.7. The zero-order chi connectivity index (χ0) is 20.5. The molecule has 0 unspecified atom stereocenters. The molecule has 6 nitrogen and oxygen atoms in total. The van der Waals surface area contributed by atoms with Gasteiger partial charge in [-0.25, -0.2) is 9.50 Å². The van der Waals surface area contributed by atoms with Gasteiger partial charge >= 0.3 is 0 Å². The largest absolute Gasteiger partial charge is 0.314 e. The maximum Gasteiger partial charge on any atom is 0.256 e. The van der Waals surface area contributed by atoms with Crippen LogP contribution in [0.4, 0.5) is 5.00 Å². The van der Waals surface area contributed by atoms with E-state index in [2.05, 4.69) is 15.4 Å². The van der Waals surface area contributed by atoms with Gasteiger partial charge in [-0.05, 0) is 41.8 Å². The molecule has 4 heterocycles. The molecule has 146 valence electrons. The second-order valence-electron chi connectivity index (χ2n) is 6.41. The summed E-state index contributed by atoms with van der Waals surface area (Å²) in [6.07, 6.45) is 3.22. The average molecular weight is 431 g/mol. The third kappa shape index (κ3) is 3.32. The molecule has 0 spiro atoms. The summed E-state index contributed by atoms with van der Waals surface area (Å²) in [5, 5.41) is 9.92. The van der Waals surface area contributed by atoms with E-state index in [9.17, 15) is 9.59 Å². The number of fused-ring (bicyclic) bond motifs is 1. The van der Waals surface area contributed by atoms with Crippen molar-refractivity contribution in [2.24, 2.45) is 0 Å². The van der Waals surface area contributed by atoms with Gasteiger partial charge < -0.3 is 5.32 Å². The van der Waals surface area contributed by atoms with Crippen LogP contribution in [0.1, 0.15) is 25.6 Å². The first-order valence-electron chi connectivity index (χ1n) is 9.08. The summed E-state index contributed by atoms with van der Waals surface area (Å²) in [6.45, 7) is 0. The number of rotatable bonds is 5. The topological polar surface area (TPSA) is 76.4 Å². The van der Waals surface area contributed by atoms with Gasteiger partial charge in [0, 0.05) is 11.8 Å². The maximum atomic E-state index is 12.8. The highest BCUT2D eigenvalue weighted by Gasteiger charge is 2.19. The van der Waals surface area contributed by atoms with Crippen molar-refractivity contribution in [3.63, 3.8) is 0 Å². The summed E-state index contributed by atoms with van der Waals surface area (Å²) >= 11 is 2.83. The van der Waals surface area contributed by atoms with Crippen LogP contribution in [-0.4, -0.2) is 26.3 Å². The van der Waals surface area contributed by atoms with Crippen molar-refractivity contribution < 1.29 is 9.59 Å². The molecule has 0 bridgehead atoms. The molecule has 5 aromatic rings. The minimum Gasteiger partial charge on any atom is -0.314 e. The zero-order valence-electron chi connectivity index (χ0n) is 15.5. The van der Waals surface area contributed by atoms with E-state index in [1.807, 2.05) is 47.8 Å². The highest BCUT2D eigenvalue weighted by Crippen LogP contribution is 2.32. The fourth-order valence-corrected chi connectivity index (χ4v) is 4.68. The van der Waals surface area contributed by atoms with Crippen LogP contribution in [0.3, 0.4) is 0 Å². The number of nitrogens with zero attached hydrogens (tertiary/aromatic N) is 3. The minimum absolute atomic E-state index is 0.0911. The molecule has 1 amide bonds. The Kier molecular flexibility index (Phi) is 4.70. The molecule has 0 radical (unpaired) electrons. The molecule has 0 fully saturated rings. The number of thiophene rings is 2. The van der Waals surface area contributed by atoms with Crippen molar-refractivity contribution in [3.05, 3.63) is 94.4 Å². The molecule has 0 saturated carbocycles. The van der Waals surface area contributed by atoms with Crippen molar-refractivity contribution >= 4 is 45.0 Å². The highest BCUT2D eigenvalue weighted by molar-refractivity contribution is 7.19. The predicted octanol–water partition coefficient (Wildman–Crippen LogP) is 5.00. The summed E-state index contributed by atoms with van der Waals surface area (Å²) in [5.41, 5.74) is 2.38. The summed E-state index contributed by atoms with van der Waals surface area (Å²) in [6, 6.07) is 18.3. The molecule has 8 heteroatoms. The molecule has 0 aliphatic heterocycles. The standard InChI is InChI=1S/C22H14N4O2S2/c27-20(18-7-4-12-29-18)15-13-24-26-16(10-11-23-21(15)26)17-8-9-19(30-17)25-22(28)14-5-2-1-3-6-14/h1-13H,(H,25,28). The lowest BCUT2D eigenvalue weighted by Gasteiger charge is -2.03. The van der Waals surface area contributed by atoms with Gasteiger partial charge in [0.1, 0.15) is 0 Å². The summed E-state index contributed by atoms with van der Waals surface area (Å²) < 4.78 is 1.66. The van der Waals surface area contributed by atoms with Gasteiger partial charge in [-0.2, -0.15) is 5.10 Å². The van der Waals surface area contributed by atoms with E-state index < -0.39 is 0 Å². The van der Waals surface area contributed by atoms with Crippen molar-refractivity contribution in [1.82, 2.24) is 14.6 Å². The SMILES string of the molecule is O=C(Nc1ccc(-c2ccnc3c(C(=O)c4cccs4)cnn23)s1)c1ccccc1. The number of hydrogen-bond acceptors (Lipinski definition) is 6. The number of benzene rings is 1. The van der Waals surface area contributed by atoms with Gasteiger partial charge in [0.2, 0.25) is 5.78 Å². The summed E-state index contributed by atoms with van der Waals surface area (Å²) in [4.78, 5) is 31.1. The maximum absolute atomic E-state index is 12.8. The minimum atomic E-state index is -0.160. The molecular formula is C22H14N4O2S2. The van der Waals surface area contributed by atoms with Crippen LogP contribution in [0, 0.1) is 0 Å². The molecule has 30 heavy (non-hydrogen) atoms. The molecule has 5 rings (SSSR count). The Labute approximate surface area is 179 Å². The number of anilines is 1. The lowest BCUT2D eigenvalue weighted by Crippen LogP contribution is -2.10. The van der Waals surface area contributed by atoms with Gasteiger partial charge in [-0.1, -0.05) is 24.3 Å². The summed E-state index contributed by atoms with van der Waals surface area (Å²) in [7, 11) is 0. The fraction of sp³-hybridized carbons (Fsp3) is 0. The van der Waals surface area contributed by atoms with E-state index in [0.29, 0.717) is 21.7 Å². The van der Waals surface area contributed by atoms with Gasteiger partial charge in [-0.3, -0.25) is 9.59 Å². The first-order valence-corrected chi connectivity index (χ1v) is 10.8. The number of aromatic nitrogens is 3. The lowest BCUT2D eigenvalue weighted by atomic mass is 10.2. The number of nitrogens with one attached hydrogen (secondary N) is 1. The third-order valence-corrected chi connectivity index (χ3v) is 6.41.